The molecule has 0 bridgehead atoms. The van der Waals surface area contributed by atoms with Crippen molar-refractivity contribution in [2.75, 3.05) is 7.11 Å². The number of hydrogen-bond donors (Lipinski definition) is 2. The Morgan fingerprint density at radius 3 is 2.64 bits per heavy atom. The fourth-order valence-corrected chi connectivity index (χ4v) is 3.34. The van der Waals surface area contributed by atoms with Crippen molar-refractivity contribution in [1.82, 2.24) is 14.7 Å². The molecule has 7 nitrogen and oxygen atoms in total. The summed E-state index contributed by atoms with van der Waals surface area (Å²) in [5, 5.41) is 0. The van der Waals surface area contributed by atoms with Crippen LogP contribution in [0.25, 0.3) is 0 Å². The fourth-order valence-electron chi connectivity index (χ4n) is 1.80. The molecule has 0 saturated heterocycles. The number of carbonyl (C=O) groups is 1. The molecule has 1 unspecified atom stereocenters. The van der Waals surface area contributed by atoms with E-state index in [-0.39, 0.29) is 11.3 Å². The van der Waals surface area contributed by atoms with E-state index in [0.717, 1.165) is 3.57 Å². The largest absolute Gasteiger partial charge is 0.468 e. The highest BCUT2D eigenvalue weighted by molar-refractivity contribution is 14.1. The van der Waals surface area contributed by atoms with E-state index in [2.05, 4.69) is 42.0 Å². The second kappa shape index (κ2) is 7.20. The maximum atomic E-state index is 12.4. The second-order valence-corrected chi connectivity index (χ2v) is 7.39. The number of esters is 1. The summed E-state index contributed by atoms with van der Waals surface area (Å²) >= 11 is 2.08. The number of nitrogens with zero attached hydrogens (tertiary/aromatic N) is 1. The van der Waals surface area contributed by atoms with Gasteiger partial charge in [0.2, 0.25) is 10.0 Å². The Morgan fingerprint density at radius 2 is 2.09 bits per heavy atom. The predicted molar refractivity (Wildman–Crippen MR) is 87.6 cm³/mol. The minimum absolute atomic E-state index is 0.0893. The number of carbonyl (C=O) groups excluding carboxylic acids is 1. The molecule has 1 aromatic carbocycles. The molecule has 9 heteroatoms. The van der Waals surface area contributed by atoms with Crippen LogP contribution in [0.4, 0.5) is 0 Å². The summed E-state index contributed by atoms with van der Waals surface area (Å²) in [6.45, 7) is 0. The lowest BCUT2D eigenvalue weighted by atomic mass is 10.2. The van der Waals surface area contributed by atoms with E-state index in [4.69, 9.17) is 0 Å². The van der Waals surface area contributed by atoms with Crippen molar-refractivity contribution in [2.24, 2.45) is 0 Å². The van der Waals surface area contributed by atoms with E-state index >= 15 is 0 Å². The van der Waals surface area contributed by atoms with Crippen LogP contribution in [0.1, 0.15) is 5.69 Å². The van der Waals surface area contributed by atoms with Gasteiger partial charge in [0.25, 0.3) is 0 Å². The van der Waals surface area contributed by atoms with E-state index in [0.29, 0.717) is 5.69 Å². The van der Waals surface area contributed by atoms with E-state index < -0.39 is 22.0 Å². The molecule has 118 valence electrons. The van der Waals surface area contributed by atoms with Gasteiger partial charge in [-0.1, -0.05) is 0 Å². The van der Waals surface area contributed by atoms with Crippen LogP contribution in [0.3, 0.4) is 0 Å². The first-order chi connectivity index (χ1) is 10.4. The standard InChI is InChI=1S/C13H14IN3O4S/c1-21-13(18)12(6-10-7-15-8-16-10)17-22(19,20)11-4-2-9(14)3-5-11/h2-5,7-8,12,17H,6H2,1H3,(H,15,16). The van der Waals surface area contributed by atoms with Crippen molar-refractivity contribution in [3.8, 4) is 0 Å². The van der Waals surface area contributed by atoms with Gasteiger partial charge in [-0.15, -0.1) is 0 Å². The molecule has 0 spiro atoms. The molecule has 0 aliphatic heterocycles. The van der Waals surface area contributed by atoms with Gasteiger partial charge in [0, 0.05) is 21.9 Å². The van der Waals surface area contributed by atoms with Gasteiger partial charge in [-0.2, -0.15) is 4.72 Å². The topological polar surface area (TPSA) is 101 Å². The Morgan fingerprint density at radius 1 is 1.41 bits per heavy atom. The molecule has 2 rings (SSSR count). The molecular weight excluding hydrogens is 421 g/mol. The number of sulfonamides is 1. The van der Waals surface area contributed by atoms with Gasteiger partial charge in [0.1, 0.15) is 6.04 Å². The molecule has 1 aromatic heterocycles. The van der Waals surface area contributed by atoms with Crippen molar-refractivity contribution in [3.05, 3.63) is 46.1 Å². The summed E-state index contributed by atoms with van der Waals surface area (Å²) in [6.07, 6.45) is 3.10. The zero-order chi connectivity index (χ0) is 16.2. The summed E-state index contributed by atoms with van der Waals surface area (Å²) in [6, 6.07) is 5.28. The first kappa shape index (κ1) is 16.9. The summed E-state index contributed by atoms with van der Waals surface area (Å²) in [5.74, 6) is -0.663. The molecule has 1 heterocycles. The molecule has 0 radical (unpaired) electrons. The van der Waals surface area contributed by atoms with Crippen molar-refractivity contribution in [1.29, 1.82) is 0 Å². The van der Waals surface area contributed by atoms with Crippen LogP contribution in [-0.2, 0) is 26.0 Å². The number of rotatable bonds is 6. The molecule has 2 aromatic rings. The average Bonchev–Trinajstić information content (AvgIpc) is 2.99. The van der Waals surface area contributed by atoms with Gasteiger partial charge in [-0.25, -0.2) is 13.4 Å². The number of ether oxygens (including phenoxy) is 1. The lowest BCUT2D eigenvalue weighted by Gasteiger charge is -2.16. The lowest BCUT2D eigenvalue weighted by molar-refractivity contribution is -0.142. The number of nitrogens with one attached hydrogen (secondary N) is 2. The Kier molecular flexibility index (Phi) is 5.53. The van der Waals surface area contributed by atoms with Gasteiger partial charge < -0.3 is 9.72 Å². The van der Waals surface area contributed by atoms with Crippen LogP contribution in [0, 0.1) is 3.57 Å². The normalized spacial score (nSPS) is 12.8. The quantitative estimate of drug-likeness (QED) is 0.523. The summed E-state index contributed by atoms with van der Waals surface area (Å²) in [5.41, 5.74) is 0.626. The van der Waals surface area contributed by atoms with Crippen LogP contribution in [0.15, 0.2) is 41.7 Å². The van der Waals surface area contributed by atoms with E-state index in [9.17, 15) is 13.2 Å². The molecular formula is C13H14IN3O4S. The van der Waals surface area contributed by atoms with Crippen LogP contribution in [0.5, 0.6) is 0 Å². The number of methoxy groups -OCH3 is 1. The highest BCUT2D eigenvalue weighted by atomic mass is 127. The molecule has 22 heavy (non-hydrogen) atoms. The Labute approximate surface area is 141 Å². The Hall–Kier alpha value is -1.46. The fraction of sp³-hybridized carbons (Fsp3) is 0.231. The van der Waals surface area contributed by atoms with Crippen molar-refractivity contribution < 1.29 is 17.9 Å². The van der Waals surface area contributed by atoms with Crippen molar-refractivity contribution >= 4 is 38.6 Å². The highest BCUT2D eigenvalue weighted by Gasteiger charge is 2.27. The molecule has 1 atom stereocenters. The minimum atomic E-state index is -3.82. The summed E-state index contributed by atoms with van der Waals surface area (Å²) in [7, 11) is -2.61. The number of aromatic amines is 1. The molecule has 2 N–H and O–H groups in total. The maximum absolute atomic E-state index is 12.4. The maximum Gasteiger partial charge on any atom is 0.324 e. The van der Waals surface area contributed by atoms with Crippen molar-refractivity contribution in [3.63, 3.8) is 0 Å². The second-order valence-electron chi connectivity index (χ2n) is 4.43. The molecule has 0 amide bonds. The van der Waals surface area contributed by atoms with Gasteiger partial charge in [0.15, 0.2) is 0 Å². The number of hydrogen-bond acceptors (Lipinski definition) is 5. The third kappa shape index (κ3) is 4.27. The van der Waals surface area contributed by atoms with Gasteiger partial charge in [-0.3, -0.25) is 4.79 Å². The average molecular weight is 435 g/mol. The number of H-pyrrole nitrogens is 1. The van der Waals surface area contributed by atoms with Gasteiger partial charge in [-0.05, 0) is 46.9 Å². The van der Waals surface area contributed by atoms with E-state index in [1.54, 1.807) is 12.1 Å². The van der Waals surface area contributed by atoms with Crippen LogP contribution < -0.4 is 4.72 Å². The number of aromatic nitrogens is 2. The monoisotopic (exact) mass is 435 g/mol. The van der Waals surface area contributed by atoms with Crippen LogP contribution >= 0.6 is 22.6 Å². The lowest BCUT2D eigenvalue weighted by Crippen LogP contribution is -2.43. The molecule has 0 aliphatic rings. The number of benzene rings is 1. The first-order valence-corrected chi connectivity index (χ1v) is 8.81. The Bertz CT molecular complexity index is 729. The highest BCUT2D eigenvalue weighted by Crippen LogP contribution is 2.13. The van der Waals surface area contributed by atoms with Crippen LogP contribution in [0.2, 0.25) is 0 Å². The zero-order valence-corrected chi connectivity index (χ0v) is 14.6. The third-order valence-corrected chi connectivity index (χ3v) is 5.09. The zero-order valence-electron chi connectivity index (χ0n) is 11.6. The van der Waals surface area contributed by atoms with E-state index in [1.165, 1.54) is 31.8 Å². The van der Waals surface area contributed by atoms with Crippen molar-refractivity contribution in [2.45, 2.75) is 17.4 Å². The van der Waals surface area contributed by atoms with Gasteiger partial charge >= 0.3 is 5.97 Å². The summed E-state index contributed by atoms with van der Waals surface area (Å²) in [4.78, 5) is 18.6. The number of imidazole rings is 1. The predicted octanol–water partition coefficient (Wildman–Crippen LogP) is 1.08. The van der Waals surface area contributed by atoms with E-state index in [1.807, 2.05) is 0 Å². The minimum Gasteiger partial charge on any atom is -0.468 e. The Balaban J connectivity index is 2.21. The van der Waals surface area contributed by atoms with Crippen LogP contribution in [-0.4, -0.2) is 37.5 Å². The smallest absolute Gasteiger partial charge is 0.324 e. The molecule has 0 saturated carbocycles. The summed E-state index contributed by atoms with van der Waals surface area (Å²) < 4.78 is 32.7. The number of halogens is 1. The molecule has 0 aliphatic carbocycles. The SMILES string of the molecule is COC(=O)C(Cc1cnc[nH]1)NS(=O)(=O)c1ccc(I)cc1. The first-order valence-electron chi connectivity index (χ1n) is 6.25. The van der Waals surface area contributed by atoms with Gasteiger partial charge in [0.05, 0.1) is 18.3 Å². The molecule has 0 fully saturated rings. The third-order valence-electron chi connectivity index (χ3n) is 2.89.